The van der Waals surface area contributed by atoms with Gasteiger partial charge in [0.05, 0.1) is 0 Å². The van der Waals surface area contributed by atoms with Crippen LogP contribution in [0.3, 0.4) is 0 Å². The molecule has 6 heteroatoms. The molecule has 0 spiro atoms. The number of likely N-dealkylation sites (tertiary alicyclic amines) is 1. The van der Waals surface area contributed by atoms with Crippen molar-refractivity contribution in [1.82, 2.24) is 4.90 Å². The number of carbonyl (C=O) groups is 1. The fourth-order valence-corrected chi connectivity index (χ4v) is 2.82. The van der Waals surface area contributed by atoms with E-state index >= 15 is 0 Å². The van der Waals surface area contributed by atoms with Crippen LogP contribution in [0.1, 0.15) is 28.8 Å². The molecular formula is C14H18ClN3O2. The summed E-state index contributed by atoms with van der Waals surface area (Å²) >= 11 is 5.99. The van der Waals surface area contributed by atoms with Crippen LogP contribution in [0.4, 0.5) is 0 Å². The van der Waals surface area contributed by atoms with Crippen molar-refractivity contribution in [2.75, 3.05) is 13.1 Å². The van der Waals surface area contributed by atoms with Crippen molar-refractivity contribution in [3.8, 4) is 0 Å². The summed E-state index contributed by atoms with van der Waals surface area (Å²) in [6.07, 6.45) is 1.67. The highest BCUT2D eigenvalue weighted by Crippen LogP contribution is 2.21. The van der Waals surface area contributed by atoms with Crippen molar-refractivity contribution in [1.29, 1.82) is 0 Å². The highest BCUT2D eigenvalue weighted by Gasteiger charge is 2.27. The fourth-order valence-electron chi connectivity index (χ4n) is 2.53. The van der Waals surface area contributed by atoms with Crippen molar-refractivity contribution in [2.45, 2.75) is 19.8 Å². The number of nitrogens with two attached hydrogens (primary N) is 1. The minimum absolute atomic E-state index is 0.0639. The molecule has 0 bridgehead atoms. The number of carbonyl (C=O) groups excluding carboxylic acids is 1. The SMILES string of the molecule is Cc1cc(Cl)cc(C(=O)N2CCCC(/C(N)=N/O)C2)c1. The van der Waals surface area contributed by atoms with Crippen molar-refractivity contribution in [3.63, 3.8) is 0 Å². The molecule has 1 saturated heterocycles. The molecule has 0 aliphatic carbocycles. The molecule has 0 saturated carbocycles. The third-order valence-electron chi connectivity index (χ3n) is 3.53. The number of amidine groups is 1. The van der Waals surface area contributed by atoms with Gasteiger partial charge in [-0.2, -0.15) is 0 Å². The third kappa shape index (κ3) is 3.22. The van der Waals surface area contributed by atoms with Gasteiger partial charge in [-0.15, -0.1) is 0 Å². The van der Waals surface area contributed by atoms with Crippen LogP contribution in [-0.4, -0.2) is 34.9 Å². The molecule has 5 nitrogen and oxygen atoms in total. The van der Waals surface area contributed by atoms with E-state index in [-0.39, 0.29) is 17.7 Å². The average Bonchev–Trinajstić information content (AvgIpc) is 2.44. The molecule has 1 amide bonds. The first kappa shape index (κ1) is 14.7. The van der Waals surface area contributed by atoms with E-state index in [1.807, 2.05) is 19.1 Å². The van der Waals surface area contributed by atoms with Gasteiger partial charge in [-0.25, -0.2) is 0 Å². The van der Waals surface area contributed by atoms with Gasteiger partial charge < -0.3 is 15.8 Å². The largest absolute Gasteiger partial charge is 0.409 e. The molecule has 1 unspecified atom stereocenters. The molecular weight excluding hydrogens is 278 g/mol. The lowest BCUT2D eigenvalue weighted by Gasteiger charge is -2.32. The molecule has 1 aromatic carbocycles. The molecule has 1 heterocycles. The van der Waals surface area contributed by atoms with E-state index in [4.69, 9.17) is 22.5 Å². The number of aryl methyl sites for hydroxylation is 1. The maximum Gasteiger partial charge on any atom is 0.253 e. The van der Waals surface area contributed by atoms with Crippen LogP contribution in [-0.2, 0) is 0 Å². The van der Waals surface area contributed by atoms with E-state index in [0.29, 0.717) is 23.7 Å². The summed E-state index contributed by atoms with van der Waals surface area (Å²) in [6, 6.07) is 5.30. The van der Waals surface area contributed by atoms with E-state index in [2.05, 4.69) is 5.16 Å². The molecule has 2 rings (SSSR count). The van der Waals surface area contributed by atoms with E-state index < -0.39 is 0 Å². The first-order chi connectivity index (χ1) is 9.51. The summed E-state index contributed by atoms with van der Waals surface area (Å²) in [5.41, 5.74) is 7.17. The van der Waals surface area contributed by atoms with Crippen molar-refractivity contribution in [2.24, 2.45) is 16.8 Å². The van der Waals surface area contributed by atoms with Gasteiger partial charge >= 0.3 is 0 Å². The highest BCUT2D eigenvalue weighted by atomic mass is 35.5. The summed E-state index contributed by atoms with van der Waals surface area (Å²) in [5, 5.41) is 12.3. The molecule has 20 heavy (non-hydrogen) atoms. The lowest BCUT2D eigenvalue weighted by atomic mass is 9.96. The maximum absolute atomic E-state index is 12.5. The molecule has 108 valence electrons. The molecule has 1 atom stereocenters. The second-order valence-corrected chi connectivity index (χ2v) is 5.57. The van der Waals surface area contributed by atoms with E-state index in [9.17, 15) is 4.79 Å². The van der Waals surface area contributed by atoms with Gasteiger partial charge in [0.25, 0.3) is 5.91 Å². The number of halogens is 1. The smallest absolute Gasteiger partial charge is 0.253 e. The Balaban J connectivity index is 2.16. The van der Waals surface area contributed by atoms with Crippen LogP contribution in [0.5, 0.6) is 0 Å². The Morgan fingerprint density at radius 2 is 2.25 bits per heavy atom. The lowest BCUT2D eigenvalue weighted by molar-refractivity contribution is 0.0701. The fraction of sp³-hybridized carbons (Fsp3) is 0.429. The maximum atomic E-state index is 12.5. The Labute approximate surface area is 123 Å². The van der Waals surface area contributed by atoms with Gasteiger partial charge in [-0.1, -0.05) is 16.8 Å². The Morgan fingerprint density at radius 3 is 2.90 bits per heavy atom. The Hall–Kier alpha value is -1.75. The number of nitrogens with zero attached hydrogens (tertiary/aromatic N) is 2. The number of hydrogen-bond donors (Lipinski definition) is 2. The van der Waals surface area contributed by atoms with E-state index in [1.165, 1.54) is 0 Å². The number of rotatable bonds is 2. The van der Waals surface area contributed by atoms with Crippen molar-refractivity contribution >= 4 is 23.3 Å². The number of oxime groups is 1. The zero-order valence-corrected chi connectivity index (χ0v) is 12.1. The predicted molar refractivity (Wildman–Crippen MR) is 78.2 cm³/mol. The molecule has 1 aromatic rings. The first-order valence-electron chi connectivity index (χ1n) is 6.55. The second-order valence-electron chi connectivity index (χ2n) is 5.13. The zero-order valence-electron chi connectivity index (χ0n) is 11.3. The number of benzene rings is 1. The van der Waals surface area contributed by atoms with Gasteiger partial charge in [0.2, 0.25) is 0 Å². The van der Waals surface area contributed by atoms with Gasteiger partial charge in [-0.05, 0) is 43.5 Å². The van der Waals surface area contributed by atoms with Crippen LogP contribution < -0.4 is 5.73 Å². The Kier molecular flexibility index (Phi) is 4.49. The summed E-state index contributed by atoms with van der Waals surface area (Å²) in [7, 11) is 0. The van der Waals surface area contributed by atoms with Gasteiger partial charge in [0.1, 0.15) is 5.84 Å². The van der Waals surface area contributed by atoms with Crippen molar-refractivity contribution in [3.05, 3.63) is 34.3 Å². The number of piperidine rings is 1. The Morgan fingerprint density at radius 1 is 1.50 bits per heavy atom. The Bertz CT molecular complexity index is 525. The summed E-state index contributed by atoms with van der Waals surface area (Å²) < 4.78 is 0. The van der Waals surface area contributed by atoms with E-state index in [1.54, 1.807) is 11.0 Å². The quantitative estimate of drug-likeness (QED) is 0.380. The molecule has 1 aliphatic heterocycles. The minimum atomic E-state index is -0.0852. The van der Waals surface area contributed by atoms with Gasteiger partial charge in [-0.3, -0.25) is 4.79 Å². The number of hydrogen-bond acceptors (Lipinski definition) is 3. The standard InChI is InChI=1S/C14H18ClN3O2/c1-9-5-11(7-12(15)6-9)14(19)18-4-2-3-10(8-18)13(16)17-20/h5-7,10,20H,2-4,8H2,1H3,(H2,16,17). The molecule has 3 N–H and O–H groups in total. The molecule has 0 aromatic heterocycles. The second kappa shape index (κ2) is 6.13. The molecule has 1 aliphatic rings. The normalized spacial score (nSPS) is 20.0. The van der Waals surface area contributed by atoms with Crippen LogP contribution in [0, 0.1) is 12.8 Å². The van der Waals surface area contributed by atoms with Crippen LogP contribution >= 0.6 is 11.6 Å². The molecule has 0 radical (unpaired) electrons. The summed E-state index contributed by atoms with van der Waals surface area (Å²) in [5.74, 6) is 0.0359. The van der Waals surface area contributed by atoms with Crippen LogP contribution in [0.2, 0.25) is 5.02 Å². The van der Waals surface area contributed by atoms with Gasteiger partial charge in [0, 0.05) is 29.6 Å². The highest BCUT2D eigenvalue weighted by molar-refractivity contribution is 6.31. The lowest BCUT2D eigenvalue weighted by Crippen LogP contribution is -2.44. The molecule has 1 fully saturated rings. The first-order valence-corrected chi connectivity index (χ1v) is 6.93. The predicted octanol–water partition coefficient (Wildman–Crippen LogP) is 2.25. The van der Waals surface area contributed by atoms with E-state index in [0.717, 1.165) is 18.4 Å². The summed E-state index contributed by atoms with van der Waals surface area (Å²) in [4.78, 5) is 14.2. The minimum Gasteiger partial charge on any atom is -0.409 e. The topological polar surface area (TPSA) is 78.9 Å². The van der Waals surface area contributed by atoms with Crippen LogP contribution in [0.25, 0.3) is 0 Å². The average molecular weight is 296 g/mol. The third-order valence-corrected chi connectivity index (χ3v) is 3.75. The number of amides is 1. The van der Waals surface area contributed by atoms with Crippen LogP contribution in [0.15, 0.2) is 23.4 Å². The van der Waals surface area contributed by atoms with Gasteiger partial charge in [0.15, 0.2) is 0 Å². The van der Waals surface area contributed by atoms with Crippen molar-refractivity contribution < 1.29 is 10.0 Å². The summed E-state index contributed by atoms with van der Waals surface area (Å²) in [6.45, 7) is 3.05. The zero-order chi connectivity index (χ0) is 14.7. The monoisotopic (exact) mass is 295 g/mol.